The second-order valence-corrected chi connectivity index (χ2v) is 6.19. The van der Waals surface area contributed by atoms with Crippen molar-refractivity contribution in [2.24, 2.45) is 0 Å². The summed E-state index contributed by atoms with van der Waals surface area (Å²) in [5.74, 6) is 0.944. The molecule has 0 unspecified atom stereocenters. The van der Waals surface area contributed by atoms with Crippen molar-refractivity contribution in [3.05, 3.63) is 29.1 Å². The topological polar surface area (TPSA) is 94.0 Å². The fourth-order valence-electron chi connectivity index (χ4n) is 1.73. The van der Waals surface area contributed by atoms with Crippen LogP contribution in [-0.2, 0) is 4.79 Å². The van der Waals surface area contributed by atoms with Crippen LogP contribution >= 0.6 is 23.4 Å². The van der Waals surface area contributed by atoms with Crippen LogP contribution < -0.4 is 11.1 Å². The van der Waals surface area contributed by atoms with Crippen molar-refractivity contribution in [2.45, 2.75) is 23.7 Å². The standard InChI is InChI=1S/C13H13ClN4O2S/c14-8-3-4-10(9(15)5-8)21-6-11(19)16-13-18-17-12(20-13)7-1-2-7/h3-5,7H,1-2,6,15H2,(H,16,18,19). The van der Waals surface area contributed by atoms with E-state index in [-0.39, 0.29) is 17.7 Å². The summed E-state index contributed by atoms with van der Waals surface area (Å²) < 4.78 is 5.36. The zero-order valence-electron chi connectivity index (χ0n) is 11.0. The smallest absolute Gasteiger partial charge is 0.322 e. The average Bonchev–Trinajstić information content (AvgIpc) is 3.19. The minimum absolute atomic E-state index is 0.145. The lowest BCUT2D eigenvalue weighted by atomic mass is 10.3. The molecule has 1 aromatic carbocycles. The van der Waals surface area contributed by atoms with Crippen molar-refractivity contribution in [3.8, 4) is 0 Å². The molecule has 3 rings (SSSR count). The largest absolute Gasteiger partial charge is 0.408 e. The van der Waals surface area contributed by atoms with Gasteiger partial charge in [0.1, 0.15) is 0 Å². The summed E-state index contributed by atoms with van der Waals surface area (Å²) >= 11 is 7.15. The molecule has 1 amide bonds. The molecule has 21 heavy (non-hydrogen) atoms. The molecular weight excluding hydrogens is 312 g/mol. The van der Waals surface area contributed by atoms with Crippen LogP contribution in [0.3, 0.4) is 0 Å². The molecule has 1 fully saturated rings. The van der Waals surface area contributed by atoms with Crippen molar-refractivity contribution in [1.29, 1.82) is 0 Å². The lowest BCUT2D eigenvalue weighted by molar-refractivity contribution is -0.113. The fraction of sp³-hybridized carbons (Fsp3) is 0.308. The Morgan fingerprint density at radius 1 is 1.48 bits per heavy atom. The molecule has 0 bridgehead atoms. The molecule has 2 aromatic rings. The molecule has 1 aromatic heterocycles. The van der Waals surface area contributed by atoms with Crippen molar-refractivity contribution in [3.63, 3.8) is 0 Å². The van der Waals surface area contributed by atoms with Gasteiger partial charge in [0, 0.05) is 21.5 Å². The minimum atomic E-state index is -0.222. The van der Waals surface area contributed by atoms with E-state index in [2.05, 4.69) is 15.5 Å². The fourth-order valence-corrected chi connectivity index (χ4v) is 2.66. The first-order chi connectivity index (χ1) is 10.1. The van der Waals surface area contributed by atoms with E-state index in [1.54, 1.807) is 18.2 Å². The van der Waals surface area contributed by atoms with Crippen LogP contribution in [0, 0.1) is 0 Å². The van der Waals surface area contributed by atoms with Crippen molar-refractivity contribution in [1.82, 2.24) is 10.2 Å². The third kappa shape index (κ3) is 3.68. The van der Waals surface area contributed by atoms with Crippen LogP contribution in [0.15, 0.2) is 27.5 Å². The Bertz CT molecular complexity index is 672. The number of nitrogens with one attached hydrogen (secondary N) is 1. The van der Waals surface area contributed by atoms with Gasteiger partial charge in [0.15, 0.2) is 0 Å². The van der Waals surface area contributed by atoms with Gasteiger partial charge < -0.3 is 10.2 Å². The molecule has 1 saturated carbocycles. The molecule has 8 heteroatoms. The normalized spacial score (nSPS) is 14.1. The van der Waals surface area contributed by atoms with Gasteiger partial charge in [-0.2, -0.15) is 0 Å². The first kappa shape index (κ1) is 14.2. The molecule has 3 N–H and O–H groups in total. The lowest BCUT2D eigenvalue weighted by Crippen LogP contribution is -2.14. The second-order valence-electron chi connectivity index (χ2n) is 4.74. The maximum atomic E-state index is 11.8. The molecule has 0 saturated heterocycles. The lowest BCUT2D eigenvalue weighted by Gasteiger charge is -2.05. The van der Waals surface area contributed by atoms with Gasteiger partial charge in [0.2, 0.25) is 11.8 Å². The first-order valence-corrected chi connectivity index (χ1v) is 7.79. The molecule has 0 aliphatic heterocycles. The number of nitrogens with zero attached hydrogens (tertiary/aromatic N) is 2. The Morgan fingerprint density at radius 3 is 3.00 bits per heavy atom. The molecule has 1 aliphatic rings. The summed E-state index contributed by atoms with van der Waals surface area (Å²) in [7, 11) is 0. The Labute approximate surface area is 130 Å². The number of hydrogen-bond donors (Lipinski definition) is 2. The number of nitrogen functional groups attached to an aromatic ring is 1. The van der Waals surface area contributed by atoms with Gasteiger partial charge in [-0.25, -0.2) is 0 Å². The van der Waals surface area contributed by atoms with Crippen LogP contribution in [0.25, 0.3) is 0 Å². The van der Waals surface area contributed by atoms with E-state index < -0.39 is 0 Å². The highest BCUT2D eigenvalue weighted by molar-refractivity contribution is 8.00. The zero-order valence-corrected chi connectivity index (χ0v) is 12.6. The molecular formula is C13H13ClN4O2S. The number of amides is 1. The highest BCUT2D eigenvalue weighted by atomic mass is 35.5. The highest BCUT2D eigenvalue weighted by Gasteiger charge is 2.29. The number of thioether (sulfide) groups is 1. The van der Waals surface area contributed by atoms with E-state index >= 15 is 0 Å². The maximum absolute atomic E-state index is 11.8. The first-order valence-electron chi connectivity index (χ1n) is 6.43. The van der Waals surface area contributed by atoms with Crippen LogP contribution in [0.4, 0.5) is 11.7 Å². The van der Waals surface area contributed by atoms with Crippen LogP contribution in [0.2, 0.25) is 5.02 Å². The number of carbonyl (C=O) groups excluding carboxylic acids is 1. The SMILES string of the molecule is Nc1cc(Cl)ccc1SCC(=O)Nc1nnc(C2CC2)o1. The number of benzene rings is 1. The Hall–Kier alpha value is -1.73. The molecule has 0 radical (unpaired) electrons. The van der Waals surface area contributed by atoms with Gasteiger partial charge in [-0.3, -0.25) is 10.1 Å². The quantitative estimate of drug-likeness (QED) is 0.648. The van der Waals surface area contributed by atoms with E-state index in [4.69, 9.17) is 21.8 Å². The maximum Gasteiger partial charge on any atom is 0.322 e. The van der Waals surface area contributed by atoms with Crippen LogP contribution in [0.5, 0.6) is 0 Å². The average molecular weight is 325 g/mol. The molecule has 0 spiro atoms. The number of carbonyl (C=O) groups is 1. The molecule has 0 atom stereocenters. The summed E-state index contributed by atoms with van der Waals surface area (Å²) in [6.07, 6.45) is 2.14. The Morgan fingerprint density at radius 2 is 2.29 bits per heavy atom. The summed E-state index contributed by atoms with van der Waals surface area (Å²) in [5, 5.41) is 10.9. The number of rotatable bonds is 5. The molecule has 110 valence electrons. The summed E-state index contributed by atoms with van der Waals surface area (Å²) in [6, 6.07) is 5.32. The Balaban J connectivity index is 1.53. The third-order valence-corrected chi connectivity index (χ3v) is 4.27. The number of nitrogens with two attached hydrogens (primary N) is 1. The third-order valence-electron chi connectivity index (χ3n) is 2.94. The van der Waals surface area contributed by atoms with Crippen LogP contribution in [0.1, 0.15) is 24.7 Å². The summed E-state index contributed by atoms with van der Waals surface area (Å²) in [4.78, 5) is 12.6. The number of halogens is 1. The molecule has 1 aliphatic carbocycles. The summed E-state index contributed by atoms with van der Waals surface area (Å²) in [5.41, 5.74) is 6.38. The highest BCUT2D eigenvalue weighted by Crippen LogP contribution is 2.39. The van der Waals surface area contributed by atoms with Crippen molar-refractivity contribution >= 4 is 41.0 Å². The van der Waals surface area contributed by atoms with Gasteiger partial charge in [-0.1, -0.05) is 16.7 Å². The molecule has 6 nitrogen and oxygen atoms in total. The van der Waals surface area contributed by atoms with E-state index in [1.807, 2.05) is 0 Å². The van der Waals surface area contributed by atoms with Crippen molar-refractivity contribution < 1.29 is 9.21 Å². The van der Waals surface area contributed by atoms with Gasteiger partial charge in [-0.15, -0.1) is 16.9 Å². The Kier molecular flexibility index (Phi) is 4.03. The van der Waals surface area contributed by atoms with Gasteiger partial charge in [-0.05, 0) is 31.0 Å². The summed E-state index contributed by atoms with van der Waals surface area (Å²) in [6.45, 7) is 0. The predicted octanol–water partition coefficient (Wildman–Crippen LogP) is 2.91. The van der Waals surface area contributed by atoms with Gasteiger partial charge in [0.25, 0.3) is 0 Å². The number of hydrogen-bond acceptors (Lipinski definition) is 6. The van der Waals surface area contributed by atoms with Gasteiger partial charge in [0.05, 0.1) is 5.75 Å². The minimum Gasteiger partial charge on any atom is -0.408 e. The van der Waals surface area contributed by atoms with E-state index in [1.165, 1.54) is 11.8 Å². The monoisotopic (exact) mass is 324 g/mol. The van der Waals surface area contributed by atoms with E-state index in [9.17, 15) is 4.79 Å². The van der Waals surface area contributed by atoms with Crippen molar-refractivity contribution in [2.75, 3.05) is 16.8 Å². The number of anilines is 2. The van der Waals surface area contributed by atoms with Crippen LogP contribution in [-0.4, -0.2) is 21.9 Å². The molecule has 1 heterocycles. The van der Waals surface area contributed by atoms with E-state index in [0.717, 1.165) is 17.7 Å². The van der Waals surface area contributed by atoms with E-state index in [0.29, 0.717) is 22.5 Å². The second kappa shape index (κ2) is 5.95. The van der Waals surface area contributed by atoms with Gasteiger partial charge >= 0.3 is 6.01 Å². The zero-order chi connectivity index (χ0) is 14.8. The number of aromatic nitrogens is 2. The predicted molar refractivity (Wildman–Crippen MR) is 81.5 cm³/mol.